The van der Waals surface area contributed by atoms with Crippen molar-refractivity contribution in [1.82, 2.24) is 25.2 Å². The zero-order valence-corrected chi connectivity index (χ0v) is 23.7. The smallest absolute Gasteiger partial charge is 0.319 e. The molecule has 8 nitrogen and oxygen atoms in total. The minimum atomic E-state index is -0.794. The molecular formula is C33H30F2N6O2. The maximum absolute atomic E-state index is 16.8. The molecule has 2 aromatic heterocycles. The number of piperazine rings is 1. The van der Waals surface area contributed by atoms with Crippen molar-refractivity contribution in [3.8, 4) is 47.7 Å². The highest BCUT2D eigenvalue weighted by Gasteiger charge is 2.35. The number of likely N-dealkylation sites (N-methyl/N-ethyl adjacent to an activating group) is 1. The van der Waals surface area contributed by atoms with Gasteiger partial charge in [-0.15, -0.1) is 12.8 Å². The molecule has 4 aromatic rings. The van der Waals surface area contributed by atoms with Gasteiger partial charge in [0.05, 0.1) is 10.9 Å². The van der Waals surface area contributed by atoms with E-state index in [9.17, 15) is 9.50 Å². The number of nitrogens with one attached hydrogen (secondary N) is 1. The molecule has 3 aliphatic heterocycles. The number of hydrogen-bond acceptors (Lipinski definition) is 8. The van der Waals surface area contributed by atoms with Gasteiger partial charge in [0.15, 0.2) is 5.82 Å². The van der Waals surface area contributed by atoms with Crippen molar-refractivity contribution < 1.29 is 18.6 Å². The van der Waals surface area contributed by atoms with Crippen LogP contribution in [0.1, 0.15) is 36.9 Å². The van der Waals surface area contributed by atoms with Crippen molar-refractivity contribution in [3.05, 3.63) is 47.2 Å². The molecule has 3 aliphatic rings. The Hall–Kier alpha value is -4.51. The third-order valence-corrected chi connectivity index (χ3v) is 8.93. The van der Waals surface area contributed by atoms with Crippen molar-refractivity contribution in [1.29, 1.82) is 0 Å². The second-order valence-corrected chi connectivity index (χ2v) is 11.6. The molecule has 5 heterocycles. The minimum Gasteiger partial charge on any atom is -0.508 e. The van der Waals surface area contributed by atoms with Gasteiger partial charge in [0.1, 0.15) is 40.9 Å². The first-order valence-electron chi connectivity index (χ1n) is 14.5. The van der Waals surface area contributed by atoms with Crippen LogP contribution in [0.5, 0.6) is 11.8 Å². The Bertz CT molecular complexity index is 1850. The number of terminal acetylenes is 2. The summed E-state index contributed by atoms with van der Waals surface area (Å²) in [6, 6.07) is 6.24. The van der Waals surface area contributed by atoms with Gasteiger partial charge in [0.2, 0.25) is 0 Å². The topological polar surface area (TPSA) is 86.6 Å². The van der Waals surface area contributed by atoms with E-state index in [-0.39, 0.29) is 63.3 Å². The number of anilines is 1. The lowest BCUT2D eigenvalue weighted by atomic mass is 9.95. The zero-order valence-electron chi connectivity index (χ0n) is 23.7. The number of ether oxygens (including phenoxy) is 1. The highest BCUT2D eigenvalue weighted by molar-refractivity contribution is 6.04. The quantitative estimate of drug-likeness (QED) is 0.340. The summed E-state index contributed by atoms with van der Waals surface area (Å²) in [5.74, 6) is 3.84. The molecule has 10 heteroatoms. The third-order valence-electron chi connectivity index (χ3n) is 8.93. The molecule has 3 fully saturated rings. The van der Waals surface area contributed by atoms with Gasteiger partial charge >= 0.3 is 6.01 Å². The van der Waals surface area contributed by atoms with Gasteiger partial charge in [-0.05, 0) is 68.8 Å². The van der Waals surface area contributed by atoms with E-state index in [1.807, 2.05) is 7.05 Å². The van der Waals surface area contributed by atoms with Crippen LogP contribution in [-0.4, -0.2) is 76.4 Å². The number of benzene rings is 2. The number of pyridine rings is 1. The summed E-state index contributed by atoms with van der Waals surface area (Å²) in [5.41, 5.74) is -0.0903. The molecule has 218 valence electrons. The van der Waals surface area contributed by atoms with Crippen LogP contribution in [0.25, 0.3) is 32.9 Å². The fourth-order valence-electron chi connectivity index (χ4n) is 6.79. The lowest BCUT2D eigenvalue weighted by molar-refractivity contribution is 0.188. The second-order valence-electron chi connectivity index (χ2n) is 11.6. The number of halogens is 2. The van der Waals surface area contributed by atoms with E-state index in [0.29, 0.717) is 36.3 Å². The number of phenolic OH excluding ortho intramolecular Hbond substituents is 1. The molecule has 0 spiro atoms. The van der Waals surface area contributed by atoms with Crippen LogP contribution in [0.3, 0.4) is 0 Å². The zero-order chi connectivity index (χ0) is 29.8. The molecule has 7 rings (SSSR count). The number of phenols is 1. The summed E-state index contributed by atoms with van der Waals surface area (Å²) >= 11 is 0. The second kappa shape index (κ2) is 10.6. The minimum absolute atomic E-state index is 0.0452. The van der Waals surface area contributed by atoms with E-state index in [1.165, 1.54) is 24.3 Å². The first kappa shape index (κ1) is 27.3. The predicted octanol–water partition coefficient (Wildman–Crippen LogP) is 4.21. The van der Waals surface area contributed by atoms with Gasteiger partial charge in [-0.3, -0.25) is 0 Å². The Morgan fingerprint density at radius 3 is 2.53 bits per heavy atom. The number of nitrogens with zero attached hydrogens (tertiary/aromatic N) is 5. The number of aromatic hydroxyl groups is 1. The Labute approximate surface area is 248 Å². The predicted molar refractivity (Wildman–Crippen MR) is 161 cm³/mol. The molecule has 0 radical (unpaired) electrons. The molecule has 43 heavy (non-hydrogen) atoms. The molecular weight excluding hydrogens is 550 g/mol. The highest BCUT2D eigenvalue weighted by atomic mass is 19.1. The molecule has 2 bridgehead atoms. The van der Waals surface area contributed by atoms with Crippen LogP contribution < -0.4 is 15.0 Å². The molecule has 2 aromatic carbocycles. The van der Waals surface area contributed by atoms with Crippen LogP contribution in [0.15, 0.2) is 24.3 Å². The van der Waals surface area contributed by atoms with Crippen molar-refractivity contribution in [2.45, 2.75) is 43.8 Å². The molecule has 3 atom stereocenters. The number of hydrogen-bond donors (Lipinski definition) is 2. The Morgan fingerprint density at radius 1 is 1.05 bits per heavy atom. The summed E-state index contributed by atoms with van der Waals surface area (Å²) in [6.45, 7) is 2.68. The van der Waals surface area contributed by atoms with E-state index in [2.05, 4.69) is 36.9 Å². The third kappa shape index (κ3) is 4.68. The Morgan fingerprint density at radius 2 is 1.84 bits per heavy atom. The van der Waals surface area contributed by atoms with Crippen molar-refractivity contribution in [3.63, 3.8) is 0 Å². The average Bonchev–Trinajstić information content (AvgIpc) is 3.58. The standard InChI is InChI=1S/C33H30F2N6O2/c1-4-23-25(34)11-8-18-13-22(42)14-24(27(18)23)30-29(35)31-28(26(5-2)37-30)32(41-15-19-9-10-20(16-41)36-19)39-33(38-31)43-17-21-7-6-12-40(21)3/h1-2,8,11,13-14,19-21,36,42H,6-7,9-10,12,15-17H2,3H3. The maximum Gasteiger partial charge on any atom is 0.319 e. The Balaban J connectivity index is 1.46. The van der Waals surface area contributed by atoms with Crippen LogP contribution in [0, 0.1) is 36.3 Å². The number of fused-ring (bicyclic) bond motifs is 4. The van der Waals surface area contributed by atoms with E-state index in [1.54, 1.807) is 0 Å². The van der Waals surface area contributed by atoms with Crippen LogP contribution in [0.2, 0.25) is 0 Å². The van der Waals surface area contributed by atoms with E-state index >= 15 is 4.39 Å². The van der Waals surface area contributed by atoms with E-state index in [4.69, 9.17) is 22.6 Å². The summed E-state index contributed by atoms with van der Waals surface area (Å²) in [5, 5.41) is 15.1. The van der Waals surface area contributed by atoms with Gasteiger partial charge in [-0.25, -0.2) is 13.8 Å². The highest BCUT2D eigenvalue weighted by Crippen LogP contribution is 2.40. The summed E-state index contributed by atoms with van der Waals surface area (Å²) in [7, 11) is 2.05. The van der Waals surface area contributed by atoms with E-state index < -0.39 is 11.6 Å². The largest absolute Gasteiger partial charge is 0.508 e. The lowest BCUT2D eigenvalue weighted by Crippen LogP contribution is -2.51. The fraction of sp³-hybridized carbons (Fsp3) is 0.364. The molecule has 2 N–H and O–H groups in total. The SMILES string of the molecule is C#Cc1c(F)ccc2cc(O)cc(-c3nc(C#C)c4c(N5CC6CCC(C5)N6)nc(OCC5CCCN5C)nc4c3F)c12. The number of likely N-dealkylation sites (tertiary alicyclic amines) is 1. The fourth-order valence-corrected chi connectivity index (χ4v) is 6.79. The lowest BCUT2D eigenvalue weighted by Gasteiger charge is -2.34. The Kier molecular flexibility index (Phi) is 6.76. The van der Waals surface area contributed by atoms with Gasteiger partial charge in [-0.1, -0.05) is 12.0 Å². The van der Waals surface area contributed by atoms with Gasteiger partial charge in [0, 0.05) is 42.2 Å². The molecule has 0 aliphatic carbocycles. The molecule has 0 amide bonds. The van der Waals surface area contributed by atoms with Crippen LogP contribution in [0.4, 0.5) is 14.6 Å². The van der Waals surface area contributed by atoms with Crippen molar-refractivity contribution in [2.75, 3.05) is 38.2 Å². The number of rotatable bonds is 5. The molecule has 3 unspecified atom stereocenters. The summed E-state index contributed by atoms with van der Waals surface area (Å²) in [4.78, 5) is 18.2. The van der Waals surface area contributed by atoms with Crippen molar-refractivity contribution >= 4 is 27.5 Å². The summed E-state index contributed by atoms with van der Waals surface area (Å²) < 4.78 is 37.8. The van der Waals surface area contributed by atoms with Crippen molar-refractivity contribution in [2.24, 2.45) is 0 Å². The summed E-state index contributed by atoms with van der Waals surface area (Å²) in [6.07, 6.45) is 15.8. The molecule has 0 saturated carbocycles. The van der Waals surface area contributed by atoms with Gasteiger partial charge < -0.3 is 25.0 Å². The maximum atomic E-state index is 16.8. The first-order valence-corrected chi connectivity index (χ1v) is 14.5. The molecule has 3 saturated heterocycles. The average molecular weight is 581 g/mol. The normalized spacial score (nSPS) is 21.8. The monoisotopic (exact) mass is 580 g/mol. The number of aromatic nitrogens is 3. The van der Waals surface area contributed by atoms with Crippen LogP contribution in [-0.2, 0) is 0 Å². The van der Waals surface area contributed by atoms with Gasteiger partial charge in [0.25, 0.3) is 0 Å². The van der Waals surface area contributed by atoms with Crippen LogP contribution >= 0.6 is 0 Å². The van der Waals surface area contributed by atoms with E-state index in [0.717, 1.165) is 32.2 Å². The van der Waals surface area contributed by atoms with Gasteiger partial charge in [-0.2, -0.15) is 9.97 Å². The first-order chi connectivity index (χ1) is 20.8.